The van der Waals surface area contributed by atoms with Gasteiger partial charge in [-0.1, -0.05) is 18.2 Å². The molecular formula is C23H23F5N4O3. The Hall–Kier alpha value is -3.09. The van der Waals surface area contributed by atoms with E-state index in [1.54, 1.807) is 19.1 Å². The van der Waals surface area contributed by atoms with Gasteiger partial charge in [0.15, 0.2) is 6.29 Å². The van der Waals surface area contributed by atoms with Crippen LogP contribution < -0.4 is 5.69 Å². The zero-order valence-corrected chi connectivity index (χ0v) is 18.6. The molecule has 0 aliphatic carbocycles. The number of H-pyrrole nitrogens is 2. The van der Waals surface area contributed by atoms with Gasteiger partial charge in [0.2, 0.25) is 0 Å². The summed E-state index contributed by atoms with van der Waals surface area (Å²) < 4.78 is 78.7. The molecule has 3 unspecified atom stereocenters. The Labute approximate surface area is 196 Å². The van der Waals surface area contributed by atoms with E-state index in [4.69, 9.17) is 9.47 Å². The fraction of sp³-hybridized carbons (Fsp3) is 0.391. The van der Waals surface area contributed by atoms with Crippen molar-refractivity contribution in [3.63, 3.8) is 0 Å². The molecule has 12 heteroatoms. The van der Waals surface area contributed by atoms with Gasteiger partial charge in [0.25, 0.3) is 0 Å². The number of nitrogens with one attached hydrogen (secondary N) is 2. The minimum atomic E-state index is -4.64. The van der Waals surface area contributed by atoms with Crippen molar-refractivity contribution in [3.05, 3.63) is 86.8 Å². The summed E-state index contributed by atoms with van der Waals surface area (Å²) in [5, 5.41) is 6.21. The molecule has 2 heterocycles. The first-order valence-corrected chi connectivity index (χ1v) is 10.8. The number of aromatic nitrogens is 3. The summed E-state index contributed by atoms with van der Waals surface area (Å²) in [5.74, 6) is -0.0801. The predicted molar refractivity (Wildman–Crippen MR) is 114 cm³/mol. The topological polar surface area (TPSA) is 83.2 Å². The first-order chi connectivity index (χ1) is 16.6. The number of benzene rings is 2. The number of ether oxygens (including phenoxy) is 2. The summed E-state index contributed by atoms with van der Waals surface area (Å²) in [7, 11) is 0. The van der Waals surface area contributed by atoms with Crippen LogP contribution in [0.15, 0.2) is 47.3 Å². The van der Waals surface area contributed by atoms with E-state index in [1.165, 1.54) is 18.2 Å². The van der Waals surface area contributed by atoms with Crippen LogP contribution in [0.4, 0.5) is 22.0 Å². The monoisotopic (exact) mass is 498 g/mol. The molecule has 35 heavy (non-hydrogen) atoms. The van der Waals surface area contributed by atoms with Gasteiger partial charge in [-0.25, -0.2) is 18.7 Å². The second-order valence-electron chi connectivity index (χ2n) is 8.20. The number of halogens is 5. The molecule has 1 aromatic heterocycles. The highest BCUT2D eigenvalue weighted by molar-refractivity contribution is 5.33. The second kappa shape index (κ2) is 10.3. The molecule has 2 aromatic carbocycles. The van der Waals surface area contributed by atoms with Crippen molar-refractivity contribution in [2.24, 2.45) is 0 Å². The number of nitrogens with zero attached hydrogens (tertiary/aromatic N) is 2. The standard InChI is InChI=1S/C23H23F5N4O3/c1-13(16-8-14(11-24)9-17(10-16)23(26,27)28)35-21-20(15-2-4-18(25)5-3-15)32(6-7-34-21)12-19-29-22(33)31-30-19/h2-5,8-10,13,20-21H,6-7,11-12H2,1H3,(H2,29,30,31,33). The highest BCUT2D eigenvalue weighted by Gasteiger charge is 2.37. The summed E-state index contributed by atoms with van der Waals surface area (Å²) in [6, 6.07) is 8.08. The SMILES string of the molecule is CC(OC1OCCN(Cc2n[nH]c(=O)[nH]2)C1c1ccc(F)cc1)c1cc(CF)cc(C(F)(F)F)c1. The molecule has 7 nitrogen and oxygen atoms in total. The number of rotatable bonds is 7. The molecule has 0 bridgehead atoms. The third kappa shape index (κ3) is 5.95. The zero-order valence-electron chi connectivity index (χ0n) is 18.6. The maximum absolute atomic E-state index is 13.6. The molecule has 0 saturated carbocycles. The lowest BCUT2D eigenvalue weighted by Crippen LogP contribution is -2.46. The van der Waals surface area contributed by atoms with Gasteiger partial charge in [0.05, 0.1) is 30.9 Å². The molecule has 0 spiro atoms. The third-order valence-electron chi connectivity index (χ3n) is 5.73. The summed E-state index contributed by atoms with van der Waals surface area (Å²) >= 11 is 0. The van der Waals surface area contributed by atoms with Gasteiger partial charge in [-0.05, 0) is 47.9 Å². The van der Waals surface area contributed by atoms with E-state index in [2.05, 4.69) is 15.2 Å². The molecule has 1 aliphatic rings. The van der Waals surface area contributed by atoms with E-state index < -0.39 is 48.4 Å². The van der Waals surface area contributed by atoms with Crippen molar-refractivity contribution in [1.82, 2.24) is 20.1 Å². The molecule has 1 fully saturated rings. The van der Waals surface area contributed by atoms with Gasteiger partial charge in [0.1, 0.15) is 18.3 Å². The first kappa shape index (κ1) is 25.0. The fourth-order valence-electron chi connectivity index (χ4n) is 4.05. The van der Waals surface area contributed by atoms with Crippen LogP contribution in [0.3, 0.4) is 0 Å². The molecule has 3 aromatic rings. The Kier molecular flexibility index (Phi) is 7.33. The predicted octanol–water partition coefficient (Wildman–Crippen LogP) is 4.40. The zero-order chi connectivity index (χ0) is 25.2. The summed E-state index contributed by atoms with van der Waals surface area (Å²) in [6.07, 6.45) is -6.49. The molecule has 0 radical (unpaired) electrons. The molecule has 4 rings (SSSR count). The normalized spacial score (nSPS) is 20.2. The lowest BCUT2D eigenvalue weighted by atomic mass is 10.0. The fourth-order valence-corrected chi connectivity index (χ4v) is 4.05. The van der Waals surface area contributed by atoms with Crippen molar-refractivity contribution < 1.29 is 31.4 Å². The number of hydrogen-bond donors (Lipinski definition) is 2. The van der Waals surface area contributed by atoms with Crippen LogP contribution in [0.25, 0.3) is 0 Å². The van der Waals surface area contributed by atoms with Crippen LogP contribution in [0.1, 0.15) is 47.1 Å². The number of aromatic amines is 2. The van der Waals surface area contributed by atoms with Crippen LogP contribution in [-0.2, 0) is 28.9 Å². The van der Waals surface area contributed by atoms with Crippen LogP contribution >= 0.6 is 0 Å². The van der Waals surface area contributed by atoms with Crippen molar-refractivity contribution >= 4 is 0 Å². The van der Waals surface area contributed by atoms with E-state index in [0.29, 0.717) is 17.9 Å². The molecule has 1 saturated heterocycles. The summed E-state index contributed by atoms with van der Waals surface area (Å²) in [4.78, 5) is 15.9. The Morgan fingerprint density at radius 3 is 2.60 bits per heavy atom. The molecular weight excluding hydrogens is 475 g/mol. The Bertz CT molecular complexity index is 1190. The number of alkyl halides is 4. The lowest BCUT2D eigenvalue weighted by molar-refractivity contribution is -0.231. The number of hydrogen-bond acceptors (Lipinski definition) is 5. The van der Waals surface area contributed by atoms with E-state index in [1.807, 2.05) is 4.90 Å². The van der Waals surface area contributed by atoms with Crippen LogP contribution in [0.2, 0.25) is 0 Å². The summed E-state index contributed by atoms with van der Waals surface area (Å²) in [6.45, 7) is 1.33. The van der Waals surface area contributed by atoms with Crippen molar-refractivity contribution in [3.8, 4) is 0 Å². The largest absolute Gasteiger partial charge is 0.416 e. The van der Waals surface area contributed by atoms with E-state index in [-0.39, 0.29) is 24.3 Å². The van der Waals surface area contributed by atoms with Gasteiger partial charge in [0, 0.05) is 6.54 Å². The van der Waals surface area contributed by atoms with Crippen LogP contribution in [0.5, 0.6) is 0 Å². The maximum Gasteiger partial charge on any atom is 0.416 e. The van der Waals surface area contributed by atoms with E-state index in [0.717, 1.165) is 12.1 Å². The first-order valence-electron chi connectivity index (χ1n) is 10.8. The molecule has 188 valence electrons. The third-order valence-corrected chi connectivity index (χ3v) is 5.73. The Balaban J connectivity index is 1.63. The van der Waals surface area contributed by atoms with E-state index in [9.17, 15) is 26.7 Å². The molecule has 0 amide bonds. The average Bonchev–Trinajstić information content (AvgIpc) is 3.23. The van der Waals surface area contributed by atoms with Gasteiger partial charge < -0.3 is 9.47 Å². The highest BCUT2D eigenvalue weighted by atomic mass is 19.4. The minimum absolute atomic E-state index is 0.117. The highest BCUT2D eigenvalue weighted by Crippen LogP contribution is 2.37. The summed E-state index contributed by atoms with van der Waals surface area (Å²) in [5.41, 5.74) is -0.783. The minimum Gasteiger partial charge on any atom is -0.349 e. The van der Waals surface area contributed by atoms with Crippen molar-refractivity contribution in [2.75, 3.05) is 13.2 Å². The maximum atomic E-state index is 13.6. The Morgan fingerprint density at radius 2 is 1.97 bits per heavy atom. The van der Waals surface area contributed by atoms with Gasteiger partial charge in [-0.15, -0.1) is 0 Å². The van der Waals surface area contributed by atoms with Gasteiger partial charge in [-0.2, -0.15) is 18.3 Å². The molecule has 3 atom stereocenters. The lowest BCUT2D eigenvalue weighted by Gasteiger charge is -2.41. The van der Waals surface area contributed by atoms with Gasteiger partial charge in [-0.3, -0.25) is 9.88 Å². The average molecular weight is 498 g/mol. The number of morpholine rings is 1. The van der Waals surface area contributed by atoms with Crippen LogP contribution in [-0.4, -0.2) is 39.5 Å². The van der Waals surface area contributed by atoms with Crippen molar-refractivity contribution in [1.29, 1.82) is 0 Å². The molecule has 1 aliphatic heterocycles. The second-order valence-corrected chi connectivity index (χ2v) is 8.20. The Morgan fingerprint density at radius 1 is 1.23 bits per heavy atom. The molecule has 2 N–H and O–H groups in total. The van der Waals surface area contributed by atoms with E-state index >= 15 is 0 Å². The smallest absolute Gasteiger partial charge is 0.349 e. The van der Waals surface area contributed by atoms with Gasteiger partial charge >= 0.3 is 11.9 Å². The van der Waals surface area contributed by atoms with Crippen molar-refractivity contribution in [2.45, 2.75) is 44.8 Å². The van der Waals surface area contributed by atoms with Crippen LogP contribution in [0, 0.1) is 5.82 Å². The quantitative estimate of drug-likeness (QED) is 0.472.